The van der Waals surface area contributed by atoms with Crippen LogP contribution >= 0.6 is 15.9 Å². The highest BCUT2D eigenvalue weighted by Crippen LogP contribution is 2.06. The second kappa shape index (κ2) is 6.31. The predicted octanol–water partition coefficient (Wildman–Crippen LogP) is 0.409. The topological polar surface area (TPSA) is 99.5 Å². The van der Waals surface area contributed by atoms with Gasteiger partial charge in [-0.05, 0) is 28.1 Å². The molecule has 1 aromatic rings. The molecule has 0 aliphatic rings. The average molecular weight is 303 g/mol. The lowest BCUT2D eigenvalue weighted by Crippen LogP contribution is -2.41. The lowest BCUT2D eigenvalue weighted by molar-refractivity contribution is -0.139. The number of hydrogen-bond acceptors (Lipinski definition) is 4. The zero-order valence-electron chi connectivity index (χ0n) is 8.76. The second-order valence-corrected chi connectivity index (χ2v) is 4.03. The number of carboxylic acids is 1. The SMILES string of the molecule is O=C(NC(CCO)C(=O)O)c1cccc(Br)n1. The fraction of sp³-hybridized carbons (Fsp3) is 0.300. The van der Waals surface area contributed by atoms with Crippen molar-refractivity contribution >= 4 is 27.8 Å². The number of aliphatic hydroxyl groups excluding tert-OH is 1. The number of hydrogen-bond donors (Lipinski definition) is 3. The van der Waals surface area contributed by atoms with E-state index in [2.05, 4.69) is 26.2 Å². The molecule has 1 rings (SSSR count). The normalized spacial score (nSPS) is 11.9. The second-order valence-electron chi connectivity index (χ2n) is 3.22. The highest BCUT2D eigenvalue weighted by Gasteiger charge is 2.20. The van der Waals surface area contributed by atoms with Crippen LogP contribution in [-0.4, -0.2) is 39.7 Å². The van der Waals surface area contributed by atoms with Gasteiger partial charge < -0.3 is 15.5 Å². The van der Waals surface area contributed by atoms with Crippen molar-refractivity contribution in [3.05, 3.63) is 28.5 Å². The Morgan fingerprint density at radius 3 is 2.71 bits per heavy atom. The minimum absolute atomic E-state index is 0.0466. The van der Waals surface area contributed by atoms with Crippen LogP contribution in [0.5, 0.6) is 0 Å². The van der Waals surface area contributed by atoms with Gasteiger partial charge in [0.1, 0.15) is 16.3 Å². The lowest BCUT2D eigenvalue weighted by atomic mass is 10.2. The molecule has 1 atom stereocenters. The predicted molar refractivity (Wildman–Crippen MR) is 62.5 cm³/mol. The standard InChI is InChI=1S/C10H11BrN2O4/c11-8-3-1-2-6(12-8)9(15)13-7(4-5-14)10(16)17/h1-3,7,14H,4-5H2,(H,13,15)(H,16,17). The Labute approximate surface area is 106 Å². The number of rotatable bonds is 5. The summed E-state index contributed by atoms with van der Waals surface area (Å²) in [5.41, 5.74) is 0.114. The Morgan fingerprint density at radius 1 is 1.47 bits per heavy atom. The molecule has 0 bridgehead atoms. The van der Waals surface area contributed by atoms with E-state index in [1.807, 2.05) is 0 Å². The molecule has 1 heterocycles. The molecule has 0 radical (unpaired) electrons. The molecule has 92 valence electrons. The van der Waals surface area contributed by atoms with Gasteiger partial charge in [0, 0.05) is 13.0 Å². The quantitative estimate of drug-likeness (QED) is 0.684. The summed E-state index contributed by atoms with van der Waals surface area (Å²) in [4.78, 5) is 26.3. The van der Waals surface area contributed by atoms with Gasteiger partial charge in [-0.3, -0.25) is 4.79 Å². The number of halogens is 1. The zero-order chi connectivity index (χ0) is 12.8. The van der Waals surface area contributed by atoms with E-state index in [1.54, 1.807) is 12.1 Å². The molecule has 0 saturated heterocycles. The van der Waals surface area contributed by atoms with Crippen LogP contribution in [0.3, 0.4) is 0 Å². The Balaban J connectivity index is 2.73. The molecule has 0 aliphatic heterocycles. The molecule has 0 fully saturated rings. The molecule has 1 amide bonds. The van der Waals surface area contributed by atoms with Crippen molar-refractivity contribution in [3.8, 4) is 0 Å². The van der Waals surface area contributed by atoms with E-state index in [0.717, 1.165) is 0 Å². The fourth-order valence-corrected chi connectivity index (χ4v) is 1.50. The summed E-state index contributed by atoms with van der Waals surface area (Å²) < 4.78 is 0.485. The van der Waals surface area contributed by atoms with E-state index in [-0.39, 0.29) is 18.7 Å². The third kappa shape index (κ3) is 4.12. The number of nitrogens with zero attached hydrogens (tertiary/aromatic N) is 1. The molecule has 7 heteroatoms. The van der Waals surface area contributed by atoms with Crippen molar-refractivity contribution in [2.75, 3.05) is 6.61 Å². The van der Waals surface area contributed by atoms with Crippen LogP contribution in [0.15, 0.2) is 22.8 Å². The highest BCUT2D eigenvalue weighted by molar-refractivity contribution is 9.10. The minimum Gasteiger partial charge on any atom is -0.480 e. The first kappa shape index (κ1) is 13.6. The molecule has 1 aromatic heterocycles. The van der Waals surface area contributed by atoms with Crippen LogP contribution in [-0.2, 0) is 4.79 Å². The van der Waals surface area contributed by atoms with Gasteiger partial charge in [0.25, 0.3) is 5.91 Å². The van der Waals surface area contributed by atoms with Crippen molar-refractivity contribution in [1.82, 2.24) is 10.3 Å². The Morgan fingerprint density at radius 2 is 2.18 bits per heavy atom. The van der Waals surface area contributed by atoms with Crippen LogP contribution in [0, 0.1) is 0 Å². The number of aliphatic carboxylic acids is 1. The van der Waals surface area contributed by atoms with E-state index in [4.69, 9.17) is 10.2 Å². The summed E-state index contributed by atoms with van der Waals surface area (Å²) in [5, 5.41) is 19.8. The van der Waals surface area contributed by atoms with Crippen LogP contribution in [0.4, 0.5) is 0 Å². The molecule has 3 N–H and O–H groups in total. The van der Waals surface area contributed by atoms with Gasteiger partial charge in [0.2, 0.25) is 0 Å². The smallest absolute Gasteiger partial charge is 0.326 e. The number of aliphatic hydroxyl groups is 1. The number of carbonyl (C=O) groups is 2. The van der Waals surface area contributed by atoms with Crippen molar-refractivity contribution in [3.63, 3.8) is 0 Å². The molecule has 0 aromatic carbocycles. The summed E-state index contributed by atoms with van der Waals surface area (Å²) >= 11 is 3.11. The number of pyridine rings is 1. The van der Waals surface area contributed by atoms with Crippen LogP contribution in [0.25, 0.3) is 0 Å². The first-order valence-corrected chi connectivity index (χ1v) is 5.61. The number of carbonyl (C=O) groups excluding carboxylic acids is 1. The monoisotopic (exact) mass is 302 g/mol. The van der Waals surface area contributed by atoms with E-state index in [0.29, 0.717) is 4.60 Å². The molecule has 0 saturated carbocycles. The Hall–Kier alpha value is -1.47. The summed E-state index contributed by atoms with van der Waals surface area (Å²) in [6.45, 7) is -0.316. The maximum atomic E-state index is 11.6. The van der Waals surface area contributed by atoms with Crippen molar-refractivity contribution in [2.24, 2.45) is 0 Å². The fourth-order valence-electron chi connectivity index (χ4n) is 1.15. The Kier molecular flexibility index (Phi) is 5.05. The molecule has 6 nitrogen and oxygen atoms in total. The first-order chi connectivity index (χ1) is 8.04. The van der Waals surface area contributed by atoms with Gasteiger partial charge in [-0.15, -0.1) is 0 Å². The molecule has 0 spiro atoms. The maximum Gasteiger partial charge on any atom is 0.326 e. The maximum absolute atomic E-state index is 11.6. The van der Waals surface area contributed by atoms with Crippen molar-refractivity contribution in [1.29, 1.82) is 0 Å². The minimum atomic E-state index is -1.19. The summed E-state index contributed by atoms with van der Waals surface area (Å²) in [7, 11) is 0. The molecule has 0 aliphatic carbocycles. The summed E-state index contributed by atoms with van der Waals surface area (Å²) in [6.07, 6.45) is -0.0466. The summed E-state index contributed by atoms with van der Waals surface area (Å²) in [6, 6.07) is 3.62. The first-order valence-electron chi connectivity index (χ1n) is 4.81. The third-order valence-electron chi connectivity index (χ3n) is 1.97. The van der Waals surface area contributed by atoms with Gasteiger partial charge in [0.05, 0.1) is 0 Å². The van der Waals surface area contributed by atoms with Gasteiger partial charge in [-0.2, -0.15) is 0 Å². The van der Waals surface area contributed by atoms with Gasteiger partial charge in [-0.1, -0.05) is 6.07 Å². The number of amides is 1. The third-order valence-corrected chi connectivity index (χ3v) is 2.41. The van der Waals surface area contributed by atoms with Crippen LogP contribution in [0.1, 0.15) is 16.9 Å². The molecule has 17 heavy (non-hydrogen) atoms. The Bertz CT molecular complexity index is 425. The molecule has 1 unspecified atom stereocenters. The average Bonchev–Trinajstić information content (AvgIpc) is 2.28. The lowest BCUT2D eigenvalue weighted by Gasteiger charge is -2.12. The van der Waals surface area contributed by atoms with Crippen molar-refractivity contribution in [2.45, 2.75) is 12.5 Å². The molecular weight excluding hydrogens is 292 g/mol. The highest BCUT2D eigenvalue weighted by atomic mass is 79.9. The summed E-state index contributed by atoms with van der Waals surface area (Å²) in [5.74, 6) is -1.78. The van der Waals surface area contributed by atoms with Gasteiger partial charge in [-0.25, -0.2) is 9.78 Å². The van der Waals surface area contributed by atoms with E-state index in [1.165, 1.54) is 6.07 Å². The van der Waals surface area contributed by atoms with E-state index < -0.39 is 17.9 Å². The zero-order valence-corrected chi connectivity index (χ0v) is 10.3. The number of aromatic nitrogens is 1. The van der Waals surface area contributed by atoms with Crippen molar-refractivity contribution < 1.29 is 19.8 Å². The van der Waals surface area contributed by atoms with Crippen LogP contribution in [0.2, 0.25) is 0 Å². The van der Waals surface area contributed by atoms with E-state index >= 15 is 0 Å². The van der Waals surface area contributed by atoms with Crippen LogP contribution < -0.4 is 5.32 Å². The number of nitrogens with one attached hydrogen (secondary N) is 1. The molecular formula is C10H11BrN2O4. The largest absolute Gasteiger partial charge is 0.480 e. The number of carboxylic acid groups (broad SMARTS) is 1. The van der Waals surface area contributed by atoms with Gasteiger partial charge >= 0.3 is 5.97 Å². The van der Waals surface area contributed by atoms with E-state index in [9.17, 15) is 9.59 Å². The van der Waals surface area contributed by atoms with Gasteiger partial charge in [0.15, 0.2) is 0 Å².